The van der Waals surface area contributed by atoms with E-state index >= 15 is 0 Å². The van der Waals surface area contributed by atoms with Crippen molar-refractivity contribution in [3.63, 3.8) is 0 Å². The van der Waals surface area contributed by atoms with Crippen LogP contribution in [-0.2, 0) is 17.5 Å². The zero-order valence-electron chi connectivity index (χ0n) is 17.6. The largest absolute Gasteiger partial charge is 0.436 e. The molecule has 0 atom stereocenters. The number of carbonyl (C=O) groups excluding carboxylic acids is 1. The van der Waals surface area contributed by atoms with E-state index in [4.69, 9.17) is 4.98 Å². The van der Waals surface area contributed by atoms with Crippen molar-refractivity contribution >= 4 is 44.2 Å². The first kappa shape index (κ1) is 23.1. The van der Waals surface area contributed by atoms with E-state index in [-0.39, 0.29) is 16.7 Å². The van der Waals surface area contributed by atoms with Gasteiger partial charge >= 0.3 is 6.18 Å². The van der Waals surface area contributed by atoms with Crippen LogP contribution in [0.2, 0.25) is 0 Å². The molecule has 3 rings (SSSR count). The summed E-state index contributed by atoms with van der Waals surface area (Å²) in [4.78, 5) is 19.3. The third kappa shape index (κ3) is 4.84. The molecule has 0 radical (unpaired) electrons. The van der Waals surface area contributed by atoms with Gasteiger partial charge in [0.05, 0.1) is 15.7 Å². The summed E-state index contributed by atoms with van der Waals surface area (Å²) in [5, 5.41) is 7.16. The van der Waals surface area contributed by atoms with E-state index in [2.05, 4.69) is 45.1 Å². The summed E-state index contributed by atoms with van der Waals surface area (Å²) < 4.78 is 39.9. The fourth-order valence-electron chi connectivity index (χ4n) is 3.36. The fraction of sp³-hybridized carbons (Fsp3) is 0.381. The molecule has 6 nitrogen and oxygen atoms in total. The van der Waals surface area contributed by atoms with Crippen LogP contribution in [0.15, 0.2) is 28.7 Å². The van der Waals surface area contributed by atoms with Gasteiger partial charge in [0.1, 0.15) is 12.4 Å². The zero-order valence-corrected chi connectivity index (χ0v) is 19.2. The van der Waals surface area contributed by atoms with Crippen LogP contribution in [0.4, 0.5) is 24.7 Å². The average molecular weight is 498 g/mol. The Morgan fingerprint density at radius 1 is 1.19 bits per heavy atom. The molecule has 1 aromatic carbocycles. The van der Waals surface area contributed by atoms with Crippen molar-refractivity contribution < 1.29 is 18.0 Å². The first-order valence-corrected chi connectivity index (χ1v) is 10.6. The Balaban J connectivity index is 1.81. The molecule has 0 unspecified atom stereocenters. The van der Waals surface area contributed by atoms with Crippen LogP contribution >= 0.6 is 15.9 Å². The summed E-state index contributed by atoms with van der Waals surface area (Å²) >= 11 is 2.91. The molecule has 0 saturated carbocycles. The maximum atomic E-state index is 13.0. The fourth-order valence-corrected chi connectivity index (χ4v) is 3.87. The molecular weight excluding hydrogens is 475 g/mol. The van der Waals surface area contributed by atoms with Crippen LogP contribution in [0.25, 0.3) is 10.9 Å². The van der Waals surface area contributed by atoms with Crippen LogP contribution in [0.3, 0.4) is 0 Å². The molecule has 0 bridgehead atoms. The monoisotopic (exact) mass is 497 g/mol. The van der Waals surface area contributed by atoms with Crippen LogP contribution < -0.4 is 10.2 Å². The standard InChI is InChI=1S/C21H23BrF3N5O/c1-5-29(6-2)17-9-12(3)15-10-14(7-8-16(15)27-17)26-18(31)11-30-13(4)19(22)20(28-30)21(23,24)25/h7-10H,5-6,11H2,1-4H3,(H,26,31). The van der Waals surface area contributed by atoms with Gasteiger partial charge in [-0.15, -0.1) is 0 Å². The molecule has 0 aliphatic rings. The summed E-state index contributed by atoms with van der Waals surface area (Å²) in [5.41, 5.74) is 1.54. The van der Waals surface area contributed by atoms with Crippen molar-refractivity contribution in [3.8, 4) is 0 Å². The Bertz CT molecular complexity index is 1120. The number of alkyl halides is 3. The quantitative estimate of drug-likeness (QED) is 0.500. The predicted octanol–water partition coefficient (Wildman–Crippen LogP) is 5.31. The van der Waals surface area contributed by atoms with Crippen LogP contribution in [-0.4, -0.2) is 33.8 Å². The minimum absolute atomic E-state index is 0.163. The lowest BCUT2D eigenvalue weighted by atomic mass is 10.1. The first-order chi connectivity index (χ1) is 14.5. The average Bonchev–Trinajstić information content (AvgIpc) is 2.98. The van der Waals surface area contributed by atoms with Crippen molar-refractivity contribution in [3.05, 3.63) is 45.7 Å². The normalized spacial score (nSPS) is 11.7. The van der Waals surface area contributed by atoms with E-state index in [1.54, 1.807) is 6.07 Å². The highest BCUT2D eigenvalue weighted by atomic mass is 79.9. The van der Waals surface area contributed by atoms with Gasteiger partial charge in [-0.3, -0.25) is 9.48 Å². The number of nitrogens with one attached hydrogen (secondary N) is 1. The molecule has 1 amide bonds. The third-order valence-corrected chi connectivity index (χ3v) is 6.02. The molecule has 0 aliphatic carbocycles. The molecule has 0 aliphatic heterocycles. The van der Waals surface area contributed by atoms with Gasteiger partial charge in [0.25, 0.3) is 0 Å². The Morgan fingerprint density at radius 3 is 2.45 bits per heavy atom. The molecule has 166 valence electrons. The number of rotatable bonds is 6. The Hall–Kier alpha value is -2.62. The number of nitrogens with zero attached hydrogens (tertiary/aromatic N) is 4. The molecule has 3 aromatic rings. The van der Waals surface area contributed by atoms with Gasteiger partial charge in [-0.05, 0) is 73.5 Å². The number of hydrogen-bond acceptors (Lipinski definition) is 4. The Labute approximate surface area is 186 Å². The second kappa shape index (κ2) is 8.86. The van der Waals surface area contributed by atoms with Crippen LogP contribution in [0.1, 0.15) is 30.8 Å². The molecule has 10 heteroatoms. The molecule has 0 saturated heterocycles. The molecule has 0 spiro atoms. The number of amides is 1. The zero-order chi connectivity index (χ0) is 22.9. The Morgan fingerprint density at radius 2 is 1.87 bits per heavy atom. The summed E-state index contributed by atoms with van der Waals surface area (Å²) in [7, 11) is 0. The van der Waals surface area contributed by atoms with Crippen molar-refractivity contribution in [1.29, 1.82) is 0 Å². The molecule has 2 aromatic heterocycles. The van der Waals surface area contributed by atoms with E-state index in [1.807, 2.05) is 25.1 Å². The number of anilines is 2. The van der Waals surface area contributed by atoms with Gasteiger partial charge in [-0.1, -0.05) is 0 Å². The summed E-state index contributed by atoms with van der Waals surface area (Å²) in [6.45, 7) is 8.95. The maximum absolute atomic E-state index is 13.0. The lowest BCUT2D eigenvalue weighted by Gasteiger charge is -2.21. The van der Waals surface area contributed by atoms with Crippen LogP contribution in [0.5, 0.6) is 0 Å². The van der Waals surface area contributed by atoms with Gasteiger partial charge in [-0.25, -0.2) is 4.98 Å². The Kier molecular flexibility index (Phi) is 6.59. The molecule has 0 fully saturated rings. The van der Waals surface area contributed by atoms with Crippen molar-refractivity contribution in [2.24, 2.45) is 0 Å². The molecule has 31 heavy (non-hydrogen) atoms. The number of halogens is 4. The van der Waals surface area contributed by atoms with E-state index in [1.165, 1.54) is 6.92 Å². The van der Waals surface area contributed by atoms with Crippen LogP contribution in [0, 0.1) is 13.8 Å². The lowest BCUT2D eigenvalue weighted by Crippen LogP contribution is -2.23. The third-order valence-electron chi connectivity index (χ3n) is 5.07. The minimum atomic E-state index is -4.60. The number of pyridine rings is 1. The van der Waals surface area contributed by atoms with Gasteiger partial charge < -0.3 is 10.2 Å². The second-order valence-corrected chi connectivity index (χ2v) is 7.95. The first-order valence-electron chi connectivity index (χ1n) is 9.81. The van der Waals surface area contributed by atoms with Crippen molar-refractivity contribution in [1.82, 2.24) is 14.8 Å². The topological polar surface area (TPSA) is 63.1 Å². The lowest BCUT2D eigenvalue weighted by molar-refractivity contribution is -0.142. The predicted molar refractivity (Wildman–Crippen MR) is 118 cm³/mol. The number of aryl methyl sites for hydroxylation is 1. The maximum Gasteiger partial charge on any atom is 0.436 e. The van der Waals surface area contributed by atoms with Gasteiger partial charge in [0.2, 0.25) is 5.91 Å². The second-order valence-electron chi connectivity index (χ2n) is 7.15. The number of aromatic nitrogens is 3. The van der Waals surface area contributed by atoms with Gasteiger partial charge in [0.15, 0.2) is 5.69 Å². The van der Waals surface area contributed by atoms with Gasteiger partial charge in [0, 0.05) is 24.2 Å². The highest BCUT2D eigenvalue weighted by molar-refractivity contribution is 9.10. The summed E-state index contributed by atoms with van der Waals surface area (Å²) in [5.74, 6) is 0.420. The number of fused-ring (bicyclic) bond motifs is 1. The minimum Gasteiger partial charge on any atom is -0.357 e. The molecule has 1 N–H and O–H groups in total. The number of hydrogen-bond donors (Lipinski definition) is 1. The highest BCUT2D eigenvalue weighted by Crippen LogP contribution is 2.35. The van der Waals surface area contributed by atoms with Crippen molar-refractivity contribution in [2.45, 2.75) is 40.4 Å². The summed E-state index contributed by atoms with van der Waals surface area (Å²) in [6, 6.07) is 7.37. The number of carbonyl (C=O) groups is 1. The van der Waals surface area contributed by atoms with E-state index in [0.717, 1.165) is 40.1 Å². The molecule has 2 heterocycles. The van der Waals surface area contributed by atoms with Crippen molar-refractivity contribution in [2.75, 3.05) is 23.3 Å². The SMILES string of the molecule is CCN(CC)c1cc(C)c2cc(NC(=O)Cn3nc(C(F)(F)F)c(Br)c3C)ccc2n1. The van der Waals surface area contributed by atoms with E-state index < -0.39 is 17.8 Å². The van der Waals surface area contributed by atoms with E-state index in [0.29, 0.717) is 5.69 Å². The highest BCUT2D eigenvalue weighted by Gasteiger charge is 2.38. The van der Waals surface area contributed by atoms with Gasteiger partial charge in [-0.2, -0.15) is 18.3 Å². The summed E-state index contributed by atoms with van der Waals surface area (Å²) in [6.07, 6.45) is -4.60. The molecular formula is C21H23BrF3N5O. The number of benzene rings is 1. The smallest absolute Gasteiger partial charge is 0.357 e. The van der Waals surface area contributed by atoms with E-state index in [9.17, 15) is 18.0 Å².